The molecule has 2 aromatic heterocycles. The van der Waals surface area contributed by atoms with Gasteiger partial charge in [0, 0.05) is 5.56 Å². The first-order valence-electron chi connectivity index (χ1n) is 3.54. The number of rotatable bonds is 1. The maximum Gasteiger partial charge on any atom is 0.141 e. The predicted molar refractivity (Wildman–Crippen MR) is 41.1 cm³/mol. The fraction of sp³-hybridized carbons (Fsp3) is 0.125. The maximum absolute atomic E-state index is 12.6. The first-order chi connectivity index (χ1) is 5.81. The number of aliphatic hydroxyl groups excluding tert-OH is 1. The second-order valence-electron chi connectivity index (χ2n) is 2.51. The lowest BCUT2D eigenvalue weighted by Gasteiger charge is -1.93. The van der Waals surface area contributed by atoms with Crippen LogP contribution in [0.5, 0.6) is 0 Å². The van der Waals surface area contributed by atoms with Gasteiger partial charge < -0.3 is 5.11 Å². The van der Waals surface area contributed by atoms with E-state index in [1.54, 1.807) is 6.07 Å². The van der Waals surface area contributed by atoms with Crippen molar-refractivity contribution in [2.24, 2.45) is 0 Å². The molecule has 1 N–H and O–H groups in total. The number of aromatic nitrogens is 2. The van der Waals surface area contributed by atoms with Crippen molar-refractivity contribution < 1.29 is 9.50 Å². The molecule has 2 heterocycles. The van der Waals surface area contributed by atoms with Crippen molar-refractivity contribution in [1.82, 2.24) is 9.61 Å². The molecular weight excluding hydrogens is 159 g/mol. The Hall–Kier alpha value is -1.42. The molecule has 0 saturated carbocycles. The van der Waals surface area contributed by atoms with Gasteiger partial charge in [-0.15, -0.1) is 0 Å². The second kappa shape index (κ2) is 2.57. The summed E-state index contributed by atoms with van der Waals surface area (Å²) in [6.07, 6.45) is 2.79. The number of hydrogen-bond acceptors (Lipinski definition) is 2. The highest BCUT2D eigenvalue weighted by atomic mass is 19.1. The second-order valence-corrected chi connectivity index (χ2v) is 2.51. The third-order valence-electron chi connectivity index (χ3n) is 1.73. The molecular formula is C8H7FN2O. The van der Waals surface area contributed by atoms with Crippen LogP contribution in [0.3, 0.4) is 0 Å². The summed E-state index contributed by atoms with van der Waals surface area (Å²) >= 11 is 0. The lowest BCUT2D eigenvalue weighted by molar-refractivity contribution is 0.283. The summed E-state index contributed by atoms with van der Waals surface area (Å²) in [6, 6.07) is 2.93. The first kappa shape index (κ1) is 7.24. The van der Waals surface area contributed by atoms with Gasteiger partial charge in [0.1, 0.15) is 5.82 Å². The summed E-state index contributed by atoms with van der Waals surface area (Å²) in [5.41, 5.74) is 1.44. The van der Waals surface area contributed by atoms with E-state index >= 15 is 0 Å². The number of hydrogen-bond donors (Lipinski definition) is 1. The molecule has 0 radical (unpaired) electrons. The molecule has 0 aliphatic rings. The van der Waals surface area contributed by atoms with Gasteiger partial charge >= 0.3 is 0 Å². The fourth-order valence-electron chi connectivity index (χ4n) is 1.13. The van der Waals surface area contributed by atoms with Gasteiger partial charge in [-0.05, 0) is 12.1 Å². The van der Waals surface area contributed by atoms with E-state index in [-0.39, 0.29) is 12.4 Å². The van der Waals surface area contributed by atoms with Crippen LogP contribution in [-0.2, 0) is 6.61 Å². The smallest absolute Gasteiger partial charge is 0.141 e. The first-order valence-corrected chi connectivity index (χ1v) is 3.54. The maximum atomic E-state index is 12.6. The van der Waals surface area contributed by atoms with Gasteiger partial charge in [-0.25, -0.2) is 8.91 Å². The third kappa shape index (κ3) is 0.967. The summed E-state index contributed by atoms with van der Waals surface area (Å²) in [7, 11) is 0. The standard InChI is InChI=1S/C8H7FN2O/c9-7-1-2-8-6(5-12)3-10-11(8)4-7/h1-4,12H,5H2. The number of nitrogens with zero attached hydrogens (tertiary/aromatic N) is 2. The van der Waals surface area contributed by atoms with Crippen molar-refractivity contribution in [3.8, 4) is 0 Å². The molecule has 3 nitrogen and oxygen atoms in total. The monoisotopic (exact) mass is 166 g/mol. The Morgan fingerprint density at radius 1 is 1.50 bits per heavy atom. The minimum Gasteiger partial charge on any atom is -0.392 e. The largest absolute Gasteiger partial charge is 0.392 e. The van der Waals surface area contributed by atoms with Gasteiger partial charge in [-0.1, -0.05) is 0 Å². The van der Waals surface area contributed by atoms with Crippen LogP contribution < -0.4 is 0 Å². The van der Waals surface area contributed by atoms with Crippen LogP contribution in [0.2, 0.25) is 0 Å². The van der Waals surface area contributed by atoms with Crippen molar-refractivity contribution in [3.63, 3.8) is 0 Å². The Kier molecular flexibility index (Phi) is 1.55. The molecule has 0 spiro atoms. The fourth-order valence-corrected chi connectivity index (χ4v) is 1.13. The molecule has 0 bridgehead atoms. The van der Waals surface area contributed by atoms with E-state index < -0.39 is 0 Å². The molecule has 4 heteroatoms. The molecule has 2 rings (SSSR count). The predicted octanol–water partition coefficient (Wildman–Crippen LogP) is 0.966. The van der Waals surface area contributed by atoms with E-state index in [4.69, 9.17) is 5.11 Å². The molecule has 62 valence electrons. The molecule has 0 aliphatic heterocycles. The van der Waals surface area contributed by atoms with Gasteiger partial charge in [-0.2, -0.15) is 5.10 Å². The lowest BCUT2D eigenvalue weighted by Crippen LogP contribution is -1.88. The Balaban J connectivity index is 2.73. The number of halogens is 1. The molecule has 0 atom stereocenters. The van der Waals surface area contributed by atoms with Gasteiger partial charge in [0.05, 0.1) is 24.5 Å². The third-order valence-corrected chi connectivity index (χ3v) is 1.73. The highest BCUT2D eigenvalue weighted by molar-refractivity contribution is 5.52. The molecule has 2 aromatic rings. The van der Waals surface area contributed by atoms with Crippen LogP contribution in [0, 0.1) is 5.82 Å². The average Bonchev–Trinajstić information content (AvgIpc) is 2.46. The van der Waals surface area contributed by atoms with Crippen molar-refractivity contribution in [2.75, 3.05) is 0 Å². The van der Waals surface area contributed by atoms with E-state index in [1.807, 2.05) is 0 Å². The SMILES string of the molecule is OCc1cnn2cc(F)ccc12. The minimum absolute atomic E-state index is 0.0743. The van der Waals surface area contributed by atoms with Crippen LogP contribution >= 0.6 is 0 Å². The molecule has 0 unspecified atom stereocenters. The van der Waals surface area contributed by atoms with Crippen molar-refractivity contribution >= 4 is 5.52 Å². The molecule has 12 heavy (non-hydrogen) atoms. The normalized spacial score (nSPS) is 10.8. The quantitative estimate of drug-likeness (QED) is 0.685. The molecule has 0 saturated heterocycles. The van der Waals surface area contributed by atoms with Crippen molar-refractivity contribution in [1.29, 1.82) is 0 Å². The average molecular weight is 166 g/mol. The Morgan fingerprint density at radius 2 is 2.33 bits per heavy atom. The van der Waals surface area contributed by atoms with Gasteiger partial charge in [0.25, 0.3) is 0 Å². The molecule has 0 aromatic carbocycles. The summed E-state index contributed by atoms with van der Waals surface area (Å²) in [5.74, 6) is -0.338. The summed E-state index contributed by atoms with van der Waals surface area (Å²) in [6.45, 7) is -0.0743. The number of pyridine rings is 1. The van der Waals surface area contributed by atoms with Gasteiger partial charge in [-0.3, -0.25) is 0 Å². The van der Waals surface area contributed by atoms with Crippen LogP contribution in [-0.4, -0.2) is 14.7 Å². The highest BCUT2D eigenvalue weighted by Gasteiger charge is 2.02. The highest BCUT2D eigenvalue weighted by Crippen LogP contribution is 2.10. The summed E-state index contributed by atoms with van der Waals surface area (Å²) < 4.78 is 14.0. The van der Waals surface area contributed by atoms with Crippen LogP contribution in [0.15, 0.2) is 24.5 Å². The zero-order valence-corrected chi connectivity index (χ0v) is 6.24. The number of fused-ring (bicyclic) bond motifs is 1. The minimum atomic E-state index is -0.338. The zero-order valence-electron chi connectivity index (χ0n) is 6.24. The Morgan fingerprint density at radius 3 is 3.08 bits per heavy atom. The van der Waals surface area contributed by atoms with Crippen LogP contribution in [0.4, 0.5) is 4.39 Å². The van der Waals surface area contributed by atoms with E-state index in [0.717, 1.165) is 5.52 Å². The van der Waals surface area contributed by atoms with Gasteiger partial charge in [0.15, 0.2) is 0 Å². The molecule has 0 fully saturated rings. The molecule has 0 aliphatic carbocycles. The van der Waals surface area contributed by atoms with Gasteiger partial charge in [0.2, 0.25) is 0 Å². The van der Waals surface area contributed by atoms with Crippen LogP contribution in [0.25, 0.3) is 5.52 Å². The summed E-state index contributed by atoms with van der Waals surface area (Å²) in [5, 5.41) is 12.7. The van der Waals surface area contributed by atoms with Crippen molar-refractivity contribution in [2.45, 2.75) is 6.61 Å². The zero-order chi connectivity index (χ0) is 8.55. The Labute approximate surface area is 68.1 Å². The lowest BCUT2D eigenvalue weighted by atomic mass is 10.3. The summed E-state index contributed by atoms with van der Waals surface area (Å²) in [4.78, 5) is 0. The van der Waals surface area contributed by atoms with E-state index in [2.05, 4.69) is 5.10 Å². The van der Waals surface area contributed by atoms with Crippen molar-refractivity contribution in [3.05, 3.63) is 35.9 Å². The Bertz CT molecular complexity index is 410. The van der Waals surface area contributed by atoms with E-state index in [1.165, 1.54) is 23.0 Å². The molecule has 0 amide bonds. The topological polar surface area (TPSA) is 37.5 Å². The van der Waals surface area contributed by atoms with Crippen LogP contribution in [0.1, 0.15) is 5.56 Å². The number of aliphatic hydroxyl groups is 1. The van der Waals surface area contributed by atoms with E-state index in [0.29, 0.717) is 5.56 Å². The van der Waals surface area contributed by atoms with E-state index in [9.17, 15) is 4.39 Å².